The van der Waals surface area contributed by atoms with E-state index in [-0.39, 0.29) is 0 Å². The molecule has 0 radical (unpaired) electrons. The zero-order valence-corrected chi connectivity index (χ0v) is 13.8. The van der Waals surface area contributed by atoms with Gasteiger partial charge in [0.15, 0.2) is 0 Å². The zero-order valence-electron chi connectivity index (χ0n) is 12.3. The van der Waals surface area contributed by atoms with Gasteiger partial charge in [-0.25, -0.2) is 0 Å². The van der Waals surface area contributed by atoms with Crippen molar-refractivity contribution in [3.05, 3.63) is 28.8 Å². The number of hydrogen-bond acceptors (Lipinski definition) is 3. The molecule has 0 amide bonds. The normalized spacial score (nSPS) is 11.6. The van der Waals surface area contributed by atoms with Crippen LogP contribution >= 0.6 is 23.4 Å². The summed E-state index contributed by atoms with van der Waals surface area (Å²) in [5, 5.41) is 4.28. The Morgan fingerprint density at radius 3 is 2.53 bits per heavy atom. The summed E-state index contributed by atoms with van der Waals surface area (Å²) in [4.78, 5) is 0. The molecule has 0 aliphatic rings. The fourth-order valence-corrected chi connectivity index (χ4v) is 3.23. The van der Waals surface area contributed by atoms with E-state index in [0.29, 0.717) is 4.75 Å². The monoisotopic (exact) mass is 301 g/mol. The molecule has 1 aromatic rings. The van der Waals surface area contributed by atoms with Crippen LogP contribution in [0.2, 0.25) is 5.02 Å². The molecule has 19 heavy (non-hydrogen) atoms. The SMILES string of the molecule is CCC(CC)(CNCc1c(Cl)cccc1OC)SC. The van der Waals surface area contributed by atoms with Crippen LogP contribution in [0.4, 0.5) is 0 Å². The first kappa shape index (κ1) is 16.7. The van der Waals surface area contributed by atoms with Crippen molar-refractivity contribution in [1.29, 1.82) is 0 Å². The average molecular weight is 302 g/mol. The van der Waals surface area contributed by atoms with Gasteiger partial charge in [0.2, 0.25) is 0 Å². The van der Waals surface area contributed by atoms with E-state index in [4.69, 9.17) is 16.3 Å². The standard InChI is InChI=1S/C15H24ClNOS/c1-5-15(6-2,19-4)11-17-10-12-13(16)8-7-9-14(12)18-3/h7-9,17H,5-6,10-11H2,1-4H3. The lowest BCUT2D eigenvalue weighted by Gasteiger charge is -2.30. The molecule has 0 saturated carbocycles. The van der Waals surface area contributed by atoms with E-state index in [1.807, 2.05) is 30.0 Å². The van der Waals surface area contributed by atoms with Crippen molar-refractivity contribution in [3.63, 3.8) is 0 Å². The van der Waals surface area contributed by atoms with E-state index in [1.165, 1.54) is 0 Å². The summed E-state index contributed by atoms with van der Waals surface area (Å²) < 4.78 is 5.67. The van der Waals surface area contributed by atoms with E-state index in [2.05, 4.69) is 25.4 Å². The molecule has 0 bridgehead atoms. The van der Waals surface area contributed by atoms with E-state index < -0.39 is 0 Å². The maximum absolute atomic E-state index is 6.23. The smallest absolute Gasteiger partial charge is 0.124 e. The summed E-state index contributed by atoms with van der Waals surface area (Å²) in [6.07, 6.45) is 4.51. The van der Waals surface area contributed by atoms with Gasteiger partial charge in [0, 0.05) is 28.4 Å². The highest BCUT2D eigenvalue weighted by atomic mass is 35.5. The summed E-state index contributed by atoms with van der Waals surface area (Å²) in [6.45, 7) is 6.22. The van der Waals surface area contributed by atoms with Gasteiger partial charge in [-0.1, -0.05) is 31.5 Å². The van der Waals surface area contributed by atoms with Gasteiger partial charge in [0.05, 0.1) is 7.11 Å². The van der Waals surface area contributed by atoms with Crippen molar-refractivity contribution in [2.24, 2.45) is 0 Å². The van der Waals surface area contributed by atoms with Crippen LogP contribution in [0.1, 0.15) is 32.3 Å². The van der Waals surface area contributed by atoms with E-state index in [9.17, 15) is 0 Å². The maximum Gasteiger partial charge on any atom is 0.124 e. The van der Waals surface area contributed by atoms with Gasteiger partial charge in [-0.2, -0.15) is 11.8 Å². The third-order valence-corrected chi connectivity index (χ3v) is 5.71. The first-order valence-electron chi connectivity index (χ1n) is 6.69. The molecule has 0 aromatic heterocycles. The molecule has 0 atom stereocenters. The summed E-state index contributed by atoms with van der Waals surface area (Å²) >= 11 is 8.17. The van der Waals surface area contributed by atoms with Crippen molar-refractivity contribution in [3.8, 4) is 5.75 Å². The number of hydrogen-bond donors (Lipinski definition) is 1. The van der Waals surface area contributed by atoms with Crippen molar-refractivity contribution in [2.75, 3.05) is 19.9 Å². The highest BCUT2D eigenvalue weighted by Gasteiger charge is 2.24. The van der Waals surface area contributed by atoms with Crippen LogP contribution in [0.15, 0.2) is 18.2 Å². The minimum atomic E-state index is 0.314. The van der Waals surface area contributed by atoms with Gasteiger partial charge < -0.3 is 10.1 Å². The van der Waals surface area contributed by atoms with Crippen molar-refractivity contribution in [1.82, 2.24) is 5.32 Å². The Bertz CT molecular complexity index is 385. The van der Waals surface area contributed by atoms with Gasteiger partial charge >= 0.3 is 0 Å². The van der Waals surface area contributed by atoms with Gasteiger partial charge in [0.1, 0.15) is 5.75 Å². The molecule has 1 N–H and O–H groups in total. The number of rotatable bonds is 8. The Morgan fingerprint density at radius 2 is 2.00 bits per heavy atom. The lowest BCUT2D eigenvalue weighted by molar-refractivity contribution is 0.406. The fraction of sp³-hybridized carbons (Fsp3) is 0.600. The van der Waals surface area contributed by atoms with Crippen molar-refractivity contribution < 1.29 is 4.74 Å². The molecule has 1 rings (SSSR count). The molecule has 108 valence electrons. The second-order valence-corrected chi connectivity index (χ2v) is 6.30. The van der Waals surface area contributed by atoms with E-state index >= 15 is 0 Å². The summed E-state index contributed by atoms with van der Waals surface area (Å²) in [6, 6.07) is 5.77. The fourth-order valence-electron chi connectivity index (χ4n) is 2.18. The molecule has 0 aliphatic heterocycles. The van der Waals surface area contributed by atoms with E-state index in [0.717, 1.165) is 42.3 Å². The van der Waals surface area contributed by atoms with Crippen LogP contribution in [0, 0.1) is 0 Å². The molecule has 0 heterocycles. The zero-order chi connectivity index (χ0) is 14.3. The number of nitrogens with one attached hydrogen (secondary N) is 1. The summed E-state index contributed by atoms with van der Waals surface area (Å²) in [7, 11) is 1.68. The molecule has 0 spiro atoms. The predicted molar refractivity (Wildman–Crippen MR) is 86.5 cm³/mol. The van der Waals surface area contributed by atoms with Gasteiger partial charge in [-0.3, -0.25) is 0 Å². The molecule has 2 nitrogen and oxygen atoms in total. The molecular weight excluding hydrogens is 278 g/mol. The quantitative estimate of drug-likeness (QED) is 0.771. The molecule has 1 aromatic carbocycles. The van der Waals surface area contributed by atoms with Gasteiger partial charge in [0.25, 0.3) is 0 Å². The Morgan fingerprint density at radius 1 is 1.32 bits per heavy atom. The minimum Gasteiger partial charge on any atom is -0.496 e. The molecule has 0 saturated heterocycles. The minimum absolute atomic E-state index is 0.314. The highest BCUT2D eigenvalue weighted by Crippen LogP contribution is 2.30. The Labute approximate surface area is 126 Å². The predicted octanol–water partition coefficient (Wildman–Crippen LogP) is 4.36. The van der Waals surface area contributed by atoms with Gasteiger partial charge in [-0.05, 0) is 31.2 Å². The van der Waals surface area contributed by atoms with Crippen molar-refractivity contribution in [2.45, 2.75) is 38.0 Å². The van der Waals surface area contributed by atoms with E-state index in [1.54, 1.807) is 7.11 Å². The van der Waals surface area contributed by atoms with Crippen LogP contribution in [-0.4, -0.2) is 24.7 Å². The number of methoxy groups -OCH3 is 1. The summed E-state index contributed by atoms with van der Waals surface area (Å²) in [5.41, 5.74) is 1.04. The van der Waals surface area contributed by atoms with Crippen LogP contribution < -0.4 is 10.1 Å². The first-order chi connectivity index (χ1) is 9.12. The third kappa shape index (κ3) is 4.30. The Hall–Kier alpha value is -0.380. The number of halogens is 1. The first-order valence-corrected chi connectivity index (χ1v) is 8.30. The molecule has 0 unspecified atom stereocenters. The van der Waals surface area contributed by atoms with Crippen LogP contribution in [0.5, 0.6) is 5.75 Å². The number of benzene rings is 1. The second-order valence-electron chi connectivity index (χ2n) is 4.62. The maximum atomic E-state index is 6.23. The molecule has 0 aliphatic carbocycles. The second kappa shape index (κ2) is 8.03. The lowest BCUT2D eigenvalue weighted by Crippen LogP contribution is -2.36. The summed E-state index contributed by atoms with van der Waals surface area (Å²) in [5.74, 6) is 0.850. The van der Waals surface area contributed by atoms with Crippen LogP contribution in [-0.2, 0) is 6.54 Å². The van der Waals surface area contributed by atoms with Crippen molar-refractivity contribution >= 4 is 23.4 Å². The average Bonchev–Trinajstić information content (AvgIpc) is 2.45. The topological polar surface area (TPSA) is 21.3 Å². The lowest BCUT2D eigenvalue weighted by atomic mass is 10.0. The third-order valence-electron chi connectivity index (χ3n) is 3.77. The van der Waals surface area contributed by atoms with Crippen LogP contribution in [0.25, 0.3) is 0 Å². The highest BCUT2D eigenvalue weighted by molar-refractivity contribution is 8.00. The molecule has 4 heteroatoms. The van der Waals surface area contributed by atoms with Crippen LogP contribution in [0.3, 0.4) is 0 Å². The van der Waals surface area contributed by atoms with Gasteiger partial charge in [-0.15, -0.1) is 0 Å². The Balaban J connectivity index is 2.67. The number of ether oxygens (including phenoxy) is 1. The Kier molecular flexibility index (Phi) is 7.05. The molecular formula is C15H24ClNOS. The number of thioether (sulfide) groups is 1. The largest absolute Gasteiger partial charge is 0.496 e. The molecule has 0 fully saturated rings.